The van der Waals surface area contributed by atoms with E-state index in [0.717, 1.165) is 11.3 Å². The molecule has 0 bridgehead atoms. The lowest BCUT2D eigenvalue weighted by Crippen LogP contribution is -2.35. The van der Waals surface area contributed by atoms with E-state index in [0.29, 0.717) is 23.6 Å². The van der Waals surface area contributed by atoms with Gasteiger partial charge in [-0.3, -0.25) is 9.59 Å². The predicted molar refractivity (Wildman–Crippen MR) is 102 cm³/mol. The van der Waals surface area contributed by atoms with Crippen molar-refractivity contribution >= 4 is 11.8 Å². The molecule has 2 rings (SSSR count). The summed E-state index contributed by atoms with van der Waals surface area (Å²) in [4.78, 5) is 24.4. The summed E-state index contributed by atoms with van der Waals surface area (Å²) in [7, 11) is 4.58. The molecule has 0 aliphatic heterocycles. The average molecular weight is 372 g/mol. The van der Waals surface area contributed by atoms with Crippen LogP contribution in [0.15, 0.2) is 42.5 Å². The Morgan fingerprint density at radius 1 is 0.815 bits per heavy atom. The number of nitrogens with one attached hydrogen (secondary N) is 2. The van der Waals surface area contributed by atoms with Crippen LogP contribution >= 0.6 is 0 Å². The van der Waals surface area contributed by atoms with E-state index >= 15 is 0 Å². The van der Waals surface area contributed by atoms with E-state index in [-0.39, 0.29) is 24.8 Å². The number of methoxy groups -OCH3 is 3. The summed E-state index contributed by atoms with van der Waals surface area (Å²) in [6, 6.07) is 12.4. The van der Waals surface area contributed by atoms with Crippen LogP contribution in [0.3, 0.4) is 0 Å². The Balaban J connectivity index is 1.81. The van der Waals surface area contributed by atoms with Crippen molar-refractivity contribution in [3.8, 4) is 17.2 Å². The van der Waals surface area contributed by atoms with Gasteiger partial charge >= 0.3 is 0 Å². The van der Waals surface area contributed by atoms with Gasteiger partial charge in [0.25, 0.3) is 5.91 Å². The first-order chi connectivity index (χ1) is 13.1. The van der Waals surface area contributed by atoms with E-state index in [9.17, 15) is 9.59 Å². The molecule has 27 heavy (non-hydrogen) atoms. The highest BCUT2D eigenvalue weighted by molar-refractivity contribution is 5.99. The molecule has 0 fully saturated rings. The van der Waals surface area contributed by atoms with Gasteiger partial charge in [-0.25, -0.2) is 0 Å². The molecule has 0 heterocycles. The first-order valence-corrected chi connectivity index (χ1v) is 8.47. The zero-order chi connectivity index (χ0) is 19.6. The molecule has 2 amide bonds. The van der Waals surface area contributed by atoms with Crippen LogP contribution in [0.25, 0.3) is 0 Å². The first-order valence-electron chi connectivity index (χ1n) is 8.47. The summed E-state index contributed by atoms with van der Waals surface area (Å²) in [6.07, 6.45) is 0.262. The normalized spacial score (nSPS) is 10.0. The molecule has 0 aliphatic carbocycles. The van der Waals surface area contributed by atoms with Crippen molar-refractivity contribution in [2.45, 2.75) is 6.42 Å². The summed E-state index contributed by atoms with van der Waals surface area (Å²) in [5.74, 6) is 1.15. The second-order valence-electron chi connectivity index (χ2n) is 5.67. The first kappa shape index (κ1) is 20.1. The molecular weight excluding hydrogens is 348 g/mol. The molecule has 0 unspecified atom stereocenters. The minimum absolute atomic E-state index is 0.121. The third kappa shape index (κ3) is 5.64. The van der Waals surface area contributed by atoms with Crippen molar-refractivity contribution < 1.29 is 23.8 Å². The molecule has 0 saturated carbocycles. The van der Waals surface area contributed by atoms with Crippen molar-refractivity contribution in [3.63, 3.8) is 0 Å². The number of hydrogen-bond acceptors (Lipinski definition) is 5. The third-order valence-electron chi connectivity index (χ3n) is 3.91. The molecule has 7 heteroatoms. The van der Waals surface area contributed by atoms with E-state index in [1.165, 1.54) is 14.2 Å². The van der Waals surface area contributed by atoms with Gasteiger partial charge < -0.3 is 24.8 Å². The van der Waals surface area contributed by atoms with E-state index in [4.69, 9.17) is 14.2 Å². The minimum atomic E-state index is -0.325. The SMILES string of the molecule is COc1ccc(CC(=O)NCCNC(=O)c2c(OC)cccc2OC)cc1. The van der Waals surface area contributed by atoms with Gasteiger partial charge in [0.2, 0.25) is 5.91 Å². The van der Waals surface area contributed by atoms with E-state index in [1.54, 1.807) is 25.3 Å². The molecule has 2 aromatic rings. The molecule has 0 aliphatic rings. The molecule has 0 spiro atoms. The molecule has 144 valence electrons. The molecule has 2 N–H and O–H groups in total. The van der Waals surface area contributed by atoms with Crippen LogP contribution < -0.4 is 24.8 Å². The summed E-state index contributed by atoms with van der Waals surface area (Å²) in [5.41, 5.74) is 1.21. The predicted octanol–water partition coefficient (Wildman–Crippen LogP) is 1.80. The zero-order valence-electron chi connectivity index (χ0n) is 15.7. The molecular formula is C20H24N2O5. The fourth-order valence-electron chi connectivity index (χ4n) is 2.53. The molecule has 0 atom stereocenters. The maximum absolute atomic E-state index is 12.4. The van der Waals surface area contributed by atoms with Gasteiger partial charge in [-0.1, -0.05) is 18.2 Å². The number of benzene rings is 2. The average Bonchev–Trinajstić information content (AvgIpc) is 2.70. The summed E-state index contributed by atoms with van der Waals surface area (Å²) in [6.45, 7) is 0.604. The standard InChI is InChI=1S/C20H24N2O5/c1-25-15-9-7-14(8-10-15)13-18(23)21-11-12-22-20(24)19-16(26-2)5-4-6-17(19)27-3/h4-10H,11-13H2,1-3H3,(H,21,23)(H,22,24). The number of amides is 2. The number of carbonyl (C=O) groups excluding carboxylic acids is 2. The Morgan fingerprint density at radius 3 is 1.96 bits per heavy atom. The van der Waals surface area contributed by atoms with Gasteiger partial charge in [0.1, 0.15) is 22.8 Å². The van der Waals surface area contributed by atoms with Crippen molar-refractivity contribution in [1.29, 1.82) is 0 Å². The van der Waals surface area contributed by atoms with E-state index in [1.807, 2.05) is 24.3 Å². The van der Waals surface area contributed by atoms with Crippen molar-refractivity contribution in [2.75, 3.05) is 34.4 Å². The van der Waals surface area contributed by atoms with Gasteiger partial charge in [0, 0.05) is 13.1 Å². The van der Waals surface area contributed by atoms with Crippen molar-refractivity contribution in [1.82, 2.24) is 10.6 Å². The van der Waals surface area contributed by atoms with Crippen LogP contribution in [0.1, 0.15) is 15.9 Å². The van der Waals surface area contributed by atoms with Gasteiger partial charge in [-0.2, -0.15) is 0 Å². The molecule has 7 nitrogen and oxygen atoms in total. The topological polar surface area (TPSA) is 85.9 Å². The number of hydrogen-bond donors (Lipinski definition) is 2. The highest BCUT2D eigenvalue weighted by atomic mass is 16.5. The molecule has 0 radical (unpaired) electrons. The fourth-order valence-corrected chi connectivity index (χ4v) is 2.53. The Morgan fingerprint density at radius 2 is 1.41 bits per heavy atom. The lowest BCUT2D eigenvalue weighted by molar-refractivity contribution is -0.120. The lowest BCUT2D eigenvalue weighted by atomic mass is 10.1. The van der Waals surface area contributed by atoms with E-state index < -0.39 is 0 Å². The van der Waals surface area contributed by atoms with Crippen LogP contribution in [0, 0.1) is 0 Å². The summed E-state index contributed by atoms with van der Waals surface area (Å²) >= 11 is 0. The lowest BCUT2D eigenvalue weighted by Gasteiger charge is -2.13. The quantitative estimate of drug-likeness (QED) is 0.656. The maximum atomic E-state index is 12.4. The van der Waals surface area contributed by atoms with Gasteiger partial charge in [-0.05, 0) is 29.8 Å². The second-order valence-corrected chi connectivity index (χ2v) is 5.67. The summed E-state index contributed by atoms with van der Waals surface area (Å²) < 4.78 is 15.5. The number of ether oxygens (including phenoxy) is 3. The largest absolute Gasteiger partial charge is 0.497 e. The van der Waals surface area contributed by atoms with Crippen LogP contribution in [-0.4, -0.2) is 46.2 Å². The Hall–Kier alpha value is -3.22. The van der Waals surface area contributed by atoms with Crippen LogP contribution in [0.5, 0.6) is 17.2 Å². The number of carbonyl (C=O) groups is 2. The van der Waals surface area contributed by atoms with Gasteiger partial charge in [-0.15, -0.1) is 0 Å². The smallest absolute Gasteiger partial charge is 0.258 e. The zero-order valence-corrected chi connectivity index (χ0v) is 15.7. The van der Waals surface area contributed by atoms with Crippen LogP contribution in [-0.2, 0) is 11.2 Å². The highest BCUT2D eigenvalue weighted by Gasteiger charge is 2.17. The Bertz CT molecular complexity index is 752. The second kappa shape index (κ2) is 10.1. The van der Waals surface area contributed by atoms with E-state index in [2.05, 4.69) is 10.6 Å². The maximum Gasteiger partial charge on any atom is 0.258 e. The fraction of sp³-hybridized carbons (Fsp3) is 0.300. The molecule has 0 aromatic heterocycles. The molecule has 0 saturated heterocycles. The van der Waals surface area contributed by atoms with Crippen molar-refractivity contribution in [3.05, 3.63) is 53.6 Å². The minimum Gasteiger partial charge on any atom is -0.497 e. The summed E-state index contributed by atoms with van der Waals surface area (Å²) in [5, 5.41) is 5.53. The van der Waals surface area contributed by atoms with Crippen molar-refractivity contribution in [2.24, 2.45) is 0 Å². The third-order valence-corrected chi connectivity index (χ3v) is 3.91. The Kier molecular flexibility index (Phi) is 7.49. The van der Waals surface area contributed by atoms with Crippen LogP contribution in [0.4, 0.5) is 0 Å². The monoisotopic (exact) mass is 372 g/mol. The van der Waals surface area contributed by atoms with Gasteiger partial charge in [0.15, 0.2) is 0 Å². The molecule has 2 aromatic carbocycles. The number of rotatable bonds is 9. The van der Waals surface area contributed by atoms with Gasteiger partial charge in [0.05, 0.1) is 27.8 Å². The highest BCUT2D eigenvalue weighted by Crippen LogP contribution is 2.27. The Labute approximate surface area is 158 Å². The van der Waals surface area contributed by atoms with Crippen LogP contribution in [0.2, 0.25) is 0 Å².